The maximum absolute atomic E-state index is 11.8. The summed E-state index contributed by atoms with van der Waals surface area (Å²) in [5.74, 6) is 0.575. The molecule has 6 nitrogen and oxygen atoms in total. The summed E-state index contributed by atoms with van der Waals surface area (Å²) in [6.45, 7) is 9.63. The maximum Gasteiger partial charge on any atom is 0.225 e. The Morgan fingerprint density at radius 1 is 1.33 bits per heavy atom. The number of amides is 1. The minimum Gasteiger partial charge on any atom is -0.381 e. The Labute approximate surface area is 128 Å². The van der Waals surface area contributed by atoms with E-state index < -0.39 is 9.84 Å². The fourth-order valence-electron chi connectivity index (χ4n) is 2.31. The van der Waals surface area contributed by atoms with Crippen molar-refractivity contribution < 1.29 is 17.9 Å². The van der Waals surface area contributed by atoms with Crippen molar-refractivity contribution in [1.82, 2.24) is 10.2 Å². The average molecular weight is 320 g/mol. The normalized spacial score (nSPS) is 17.0. The van der Waals surface area contributed by atoms with Gasteiger partial charge in [0.05, 0.1) is 24.0 Å². The van der Waals surface area contributed by atoms with Gasteiger partial charge >= 0.3 is 0 Å². The van der Waals surface area contributed by atoms with E-state index in [-0.39, 0.29) is 36.5 Å². The summed E-state index contributed by atoms with van der Waals surface area (Å²) >= 11 is 0. The quantitative estimate of drug-likeness (QED) is 0.580. The molecule has 0 aromatic carbocycles. The van der Waals surface area contributed by atoms with Crippen LogP contribution < -0.4 is 5.32 Å². The summed E-state index contributed by atoms with van der Waals surface area (Å²) in [6, 6.07) is 0. The fraction of sp³-hybridized carbons (Fsp3) is 0.929. The van der Waals surface area contributed by atoms with Crippen LogP contribution in [0.2, 0.25) is 0 Å². The molecule has 0 bridgehead atoms. The van der Waals surface area contributed by atoms with Gasteiger partial charge in [-0.3, -0.25) is 4.79 Å². The van der Waals surface area contributed by atoms with Crippen molar-refractivity contribution in [3.8, 4) is 0 Å². The van der Waals surface area contributed by atoms with E-state index in [2.05, 4.69) is 24.1 Å². The van der Waals surface area contributed by atoms with Gasteiger partial charge in [0.15, 0.2) is 9.84 Å². The van der Waals surface area contributed by atoms with Crippen LogP contribution in [0.15, 0.2) is 0 Å². The molecule has 1 saturated heterocycles. The van der Waals surface area contributed by atoms with Gasteiger partial charge in [0.2, 0.25) is 5.91 Å². The second-order valence-corrected chi connectivity index (χ2v) is 8.25. The van der Waals surface area contributed by atoms with E-state index in [9.17, 15) is 13.2 Å². The van der Waals surface area contributed by atoms with Crippen LogP contribution >= 0.6 is 0 Å². The van der Waals surface area contributed by atoms with Crippen LogP contribution in [0.4, 0.5) is 0 Å². The van der Waals surface area contributed by atoms with Crippen LogP contribution in [0, 0.1) is 11.8 Å². The molecule has 1 aliphatic heterocycles. The fourth-order valence-corrected chi connectivity index (χ4v) is 3.30. The van der Waals surface area contributed by atoms with Crippen LogP contribution in [0.1, 0.15) is 20.8 Å². The number of nitrogens with one attached hydrogen (secondary N) is 1. The lowest BCUT2D eigenvalue weighted by Gasteiger charge is -2.39. The highest BCUT2D eigenvalue weighted by Gasteiger charge is 2.32. The predicted molar refractivity (Wildman–Crippen MR) is 82.9 cm³/mol. The van der Waals surface area contributed by atoms with E-state index in [4.69, 9.17) is 4.74 Å². The van der Waals surface area contributed by atoms with E-state index >= 15 is 0 Å². The van der Waals surface area contributed by atoms with E-state index in [1.807, 2.05) is 6.92 Å². The van der Waals surface area contributed by atoms with E-state index in [0.29, 0.717) is 12.5 Å². The first-order valence-corrected chi connectivity index (χ1v) is 9.44. The minimum atomic E-state index is -3.14. The predicted octanol–water partition coefficient (Wildman–Crippen LogP) is 0.142. The molecule has 1 fully saturated rings. The first kappa shape index (κ1) is 18.4. The standard InChI is InChI=1S/C14H28N2O4S/c1-4-20-6-8-21(18,19)7-5-15-14(17)13-10-16(11-13)9-12(2)3/h12-13H,4-11H2,1-3H3,(H,15,17). The number of hydrogen-bond donors (Lipinski definition) is 1. The monoisotopic (exact) mass is 320 g/mol. The summed E-state index contributed by atoms with van der Waals surface area (Å²) in [5.41, 5.74) is 0. The minimum absolute atomic E-state index is 0.00915. The topological polar surface area (TPSA) is 75.7 Å². The molecule has 7 heteroatoms. The van der Waals surface area contributed by atoms with Gasteiger partial charge < -0.3 is 15.0 Å². The lowest BCUT2D eigenvalue weighted by molar-refractivity contribution is -0.130. The van der Waals surface area contributed by atoms with Gasteiger partial charge in [0.25, 0.3) is 0 Å². The highest BCUT2D eigenvalue weighted by molar-refractivity contribution is 7.91. The van der Waals surface area contributed by atoms with Gasteiger partial charge in [0, 0.05) is 32.8 Å². The molecule has 0 aliphatic carbocycles. The molecular weight excluding hydrogens is 292 g/mol. The number of carbonyl (C=O) groups excluding carboxylic acids is 1. The van der Waals surface area contributed by atoms with Crippen LogP contribution in [-0.4, -0.2) is 70.1 Å². The molecule has 1 rings (SSSR count). The SMILES string of the molecule is CCOCCS(=O)(=O)CCNC(=O)C1CN(CC(C)C)C1. The zero-order valence-electron chi connectivity index (χ0n) is 13.3. The van der Waals surface area contributed by atoms with Gasteiger partial charge in [-0.1, -0.05) is 13.8 Å². The van der Waals surface area contributed by atoms with Crippen molar-refractivity contribution in [3.05, 3.63) is 0 Å². The first-order chi connectivity index (χ1) is 9.84. The number of nitrogens with zero attached hydrogens (tertiary/aromatic N) is 1. The Balaban J connectivity index is 2.14. The molecule has 21 heavy (non-hydrogen) atoms. The van der Waals surface area contributed by atoms with Crippen LogP contribution in [0.25, 0.3) is 0 Å². The van der Waals surface area contributed by atoms with Crippen LogP contribution in [0.3, 0.4) is 0 Å². The summed E-state index contributed by atoms with van der Waals surface area (Å²) in [4.78, 5) is 14.1. The lowest BCUT2D eigenvalue weighted by Crippen LogP contribution is -2.54. The zero-order valence-corrected chi connectivity index (χ0v) is 14.1. The van der Waals surface area contributed by atoms with Gasteiger partial charge in [-0.25, -0.2) is 8.42 Å². The number of hydrogen-bond acceptors (Lipinski definition) is 5. The van der Waals surface area contributed by atoms with Crippen molar-refractivity contribution >= 4 is 15.7 Å². The van der Waals surface area contributed by atoms with Crippen molar-refractivity contribution in [2.45, 2.75) is 20.8 Å². The zero-order chi connectivity index (χ0) is 15.9. The first-order valence-electron chi connectivity index (χ1n) is 7.62. The van der Waals surface area contributed by atoms with Gasteiger partial charge in [-0.05, 0) is 12.8 Å². The van der Waals surface area contributed by atoms with Crippen molar-refractivity contribution in [3.63, 3.8) is 0 Å². The van der Waals surface area contributed by atoms with Gasteiger partial charge in [0.1, 0.15) is 0 Å². The second-order valence-electron chi connectivity index (χ2n) is 5.95. The van der Waals surface area contributed by atoms with Crippen LogP contribution in [0.5, 0.6) is 0 Å². The Kier molecular flexibility index (Phi) is 7.62. The second kappa shape index (κ2) is 8.70. The molecule has 0 unspecified atom stereocenters. The largest absolute Gasteiger partial charge is 0.381 e. The Morgan fingerprint density at radius 2 is 2.00 bits per heavy atom. The highest BCUT2D eigenvalue weighted by Crippen LogP contribution is 2.16. The number of rotatable bonds is 10. The molecule has 0 spiro atoms. The molecule has 0 aromatic rings. The van der Waals surface area contributed by atoms with Gasteiger partial charge in [-0.15, -0.1) is 0 Å². The molecule has 0 aromatic heterocycles. The van der Waals surface area contributed by atoms with Crippen molar-refractivity contribution in [2.75, 3.05) is 50.9 Å². The Bertz CT molecular complexity index is 417. The molecule has 0 saturated carbocycles. The Morgan fingerprint density at radius 3 is 2.57 bits per heavy atom. The number of ether oxygens (including phenoxy) is 1. The molecular formula is C14H28N2O4S. The third-order valence-electron chi connectivity index (χ3n) is 3.41. The number of sulfone groups is 1. The number of likely N-dealkylation sites (tertiary alicyclic amines) is 1. The lowest BCUT2D eigenvalue weighted by atomic mass is 9.98. The third kappa shape index (κ3) is 7.24. The summed E-state index contributed by atoms with van der Waals surface area (Å²) in [6.07, 6.45) is 0. The molecule has 1 heterocycles. The average Bonchev–Trinajstić information content (AvgIpc) is 2.32. The summed E-state index contributed by atoms with van der Waals surface area (Å²) in [5, 5.41) is 2.72. The van der Waals surface area contributed by atoms with Crippen molar-refractivity contribution in [1.29, 1.82) is 0 Å². The molecule has 124 valence electrons. The van der Waals surface area contributed by atoms with Crippen molar-refractivity contribution in [2.24, 2.45) is 11.8 Å². The van der Waals surface area contributed by atoms with E-state index in [1.165, 1.54) is 0 Å². The van der Waals surface area contributed by atoms with E-state index in [1.54, 1.807) is 0 Å². The summed E-state index contributed by atoms with van der Waals surface area (Å²) in [7, 11) is -3.14. The van der Waals surface area contributed by atoms with E-state index in [0.717, 1.165) is 19.6 Å². The number of carbonyl (C=O) groups is 1. The molecule has 0 radical (unpaired) electrons. The third-order valence-corrected chi connectivity index (χ3v) is 5.02. The molecule has 1 aliphatic rings. The van der Waals surface area contributed by atoms with Gasteiger partial charge in [-0.2, -0.15) is 0 Å². The summed E-state index contributed by atoms with van der Waals surface area (Å²) < 4.78 is 28.4. The maximum atomic E-state index is 11.8. The highest BCUT2D eigenvalue weighted by atomic mass is 32.2. The molecule has 0 atom stereocenters. The van der Waals surface area contributed by atoms with Crippen LogP contribution in [-0.2, 0) is 19.4 Å². The molecule has 1 N–H and O–H groups in total. The molecule has 1 amide bonds. The smallest absolute Gasteiger partial charge is 0.225 e. The Hall–Kier alpha value is -0.660.